The van der Waals surface area contributed by atoms with Gasteiger partial charge >= 0.3 is 0 Å². The summed E-state index contributed by atoms with van der Waals surface area (Å²) in [7, 11) is 0. The van der Waals surface area contributed by atoms with Crippen LogP contribution in [0.1, 0.15) is 12.5 Å². The highest BCUT2D eigenvalue weighted by Gasteiger charge is 2.29. The van der Waals surface area contributed by atoms with Crippen LogP contribution in [0.4, 0.5) is 5.69 Å². The summed E-state index contributed by atoms with van der Waals surface area (Å²) in [5, 5.41) is 15.6. The Labute approximate surface area is 101 Å². The van der Waals surface area contributed by atoms with Gasteiger partial charge in [0, 0.05) is 18.3 Å². The Hall–Kier alpha value is -1.55. The van der Waals surface area contributed by atoms with E-state index in [1.54, 1.807) is 18.2 Å². The molecule has 0 saturated carbocycles. The van der Waals surface area contributed by atoms with Gasteiger partial charge in [-0.1, -0.05) is 13.0 Å². The van der Waals surface area contributed by atoms with Gasteiger partial charge in [-0.05, 0) is 31.0 Å². The van der Waals surface area contributed by atoms with Gasteiger partial charge in [-0.2, -0.15) is 0 Å². The summed E-state index contributed by atoms with van der Waals surface area (Å²) in [4.78, 5) is 12.0. The minimum atomic E-state index is 0.0124. The lowest BCUT2D eigenvalue weighted by Crippen LogP contribution is -2.27. The number of phenols is 1. The molecule has 0 bridgehead atoms. The predicted molar refractivity (Wildman–Crippen MR) is 67.0 cm³/mol. The number of anilines is 1. The lowest BCUT2D eigenvalue weighted by molar-refractivity contribution is -0.120. The molecule has 1 heterocycles. The van der Waals surface area contributed by atoms with E-state index in [4.69, 9.17) is 0 Å². The summed E-state index contributed by atoms with van der Waals surface area (Å²) in [5.74, 6) is 0.596. The molecule has 17 heavy (non-hydrogen) atoms. The third kappa shape index (κ3) is 2.58. The first-order valence-electron chi connectivity index (χ1n) is 5.89. The van der Waals surface area contributed by atoms with E-state index in [2.05, 4.69) is 17.6 Å². The van der Waals surface area contributed by atoms with Crippen LogP contribution in [0.15, 0.2) is 18.2 Å². The van der Waals surface area contributed by atoms with Gasteiger partial charge in [0.1, 0.15) is 5.75 Å². The number of aryl methyl sites for hydroxylation is 1. The van der Waals surface area contributed by atoms with Crippen molar-refractivity contribution in [2.75, 3.05) is 18.4 Å². The van der Waals surface area contributed by atoms with Crippen molar-refractivity contribution in [3.63, 3.8) is 0 Å². The third-order valence-electron chi connectivity index (χ3n) is 3.33. The Morgan fingerprint density at radius 3 is 2.82 bits per heavy atom. The second-order valence-electron chi connectivity index (χ2n) is 4.73. The molecule has 2 rings (SSSR count). The van der Waals surface area contributed by atoms with E-state index in [1.807, 2.05) is 6.92 Å². The van der Waals surface area contributed by atoms with Crippen molar-refractivity contribution in [1.82, 2.24) is 5.32 Å². The molecule has 0 aliphatic carbocycles. The van der Waals surface area contributed by atoms with Gasteiger partial charge in [0.05, 0.1) is 5.92 Å². The number of hydrogen-bond acceptors (Lipinski definition) is 3. The highest BCUT2D eigenvalue weighted by atomic mass is 16.3. The fourth-order valence-electron chi connectivity index (χ4n) is 2.08. The molecule has 1 fully saturated rings. The lowest BCUT2D eigenvalue weighted by atomic mass is 9.97. The van der Waals surface area contributed by atoms with Crippen molar-refractivity contribution in [2.45, 2.75) is 13.8 Å². The molecule has 92 valence electrons. The maximum atomic E-state index is 12.0. The monoisotopic (exact) mass is 234 g/mol. The Kier molecular flexibility index (Phi) is 3.33. The zero-order valence-corrected chi connectivity index (χ0v) is 10.2. The molecule has 1 saturated heterocycles. The van der Waals surface area contributed by atoms with Crippen LogP contribution in [0, 0.1) is 18.8 Å². The van der Waals surface area contributed by atoms with Gasteiger partial charge in [-0.25, -0.2) is 0 Å². The van der Waals surface area contributed by atoms with E-state index >= 15 is 0 Å². The van der Waals surface area contributed by atoms with E-state index in [0.29, 0.717) is 11.6 Å². The van der Waals surface area contributed by atoms with Gasteiger partial charge < -0.3 is 15.7 Å². The number of rotatable bonds is 2. The second-order valence-corrected chi connectivity index (χ2v) is 4.73. The van der Waals surface area contributed by atoms with E-state index < -0.39 is 0 Å². The molecule has 0 radical (unpaired) electrons. The largest absolute Gasteiger partial charge is 0.508 e. The number of nitrogens with one attached hydrogen (secondary N) is 2. The molecule has 0 aromatic heterocycles. The number of hydrogen-bond donors (Lipinski definition) is 3. The first-order chi connectivity index (χ1) is 8.08. The normalized spacial score (nSPS) is 23.6. The quantitative estimate of drug-likeness (QED) is 0.726. The fourth-order valence-corrected chi connectivity index (χ4v) is 2.08. The van der Waals surface area contributed by atoms with E-state index in [0.717, 1.165) is 18.7 Å². The van der Waals surface area contributed by atoms with Gasteiger partial charge in [0.2, 0.25) is 5.91 Å². The highest BCUT2D eigenvalue weighted by Crippen LogP contribution is 2.23. The van der Waals surface area contributed by atoms with Crippen molar-refractivity contribution in [2.24, 2.45) is 11.8 Å². The fraction of sp³-hybridized carbons (Fsp3) is 0.462. The summed E-state index contributed by atoms with van der Waals surface area (Å²) >= 11 is 0. The van der Waals surface area contributed by atoms with Crippen molar-refractivity contribution < 1.29 is 9.90 Å². The standard InChI is InChI=1S/C13H18N2O2/c1-8-3-4-10(5-12(8)16)15-13(17)11-7-14-6-9(11)2/h3-5,9,11,14,16H,6-7H2,1-2H3,(H,15,17)/t9-,11-/m1/s1. The lowest BCUT2D eigenvalue weighted by Gasteiger charge is -2.14. The summed E-state index contributed by atoms with van der Waals surface area (Å²) < 4.78 is 0. The first kappa shape index (κ1) is 11.9. The van der Waals surface area contributed by atoms with Gasteiger partial charge in [0.15, 0.2) is 0 Å². The van der Waals surface area contributed by atoms with Gasteiger partial charge in [-0.15, -0.1) is 0 Å². The van der Waals surface area contributed by atoms with Crippen LogP contribution in [0.3, 0.4) is 0 Å². The Bertz CT molecular complexity index is 431. The molecule has 1 aromatic rings. The zero-order chi connectivity index (χ0) is 12.4. The molecule has 4 heteroatoms. The molecule has 1 aromatic carbocycles. The van der Waals surface area contributed by atoms with E-state index in [1.165, 1.54) is 0 Å². The number of carbonyl (C=O) groups is 1. The van der Waals surface area contributed by atoms with E-state index in [-0.39, 0.29) is 17.6 Å². The molecule has 0 spiro atoms. The van der Waals surface area contributed by atoms with Gasteiger partial charge in [-0.3, -0.25) is 4.79 Å². The Balaban J connectivity index is 2.05. The third-order valence-corrected chi connectivity index (χ3v) is 3.33. The SMILES string of the molecule is Cc1ccc(NC(=O)[C@@H]2CNC[C@H]2C)cc1O. The van der Waals surface area contributed by atoms with Crippen LogP contribution in [0.25, 0.3) is 0 Å². The average Bonchev–Trinajstić information content (AvgIpc) is 2.70. The summed E-state index contributed by atoms with van der Waals surface area (Å²) in [6.45, 7) is 5.50. The van der Waals surface area contributed by atoms with E-state index in [9.17, 15) is 9.90 Å². The number of aromatic hydroxyl groups is 1. The molecule has 1 amide bonds. The summed E-state index contributed by atoms with van der Waals surface area (Å²) in [6.07, 6.45) is 0. The van der Waals surface area contributed by atoms with Crippen LogP contribution in [0.5, 0.6) is 5.75 Å². The highest BCUT2D eigenvalue weighted by molar-refractivity contribution is 5.93. The molecular weight excluding hydrogens is 216 g/mol. The summed E-state index contributed by atoms with van der Waals surface area (Å²) in [5.41, 5.74) is 1.45. The maximum Gasteiger partial charge on any atom is 0.229 e. The van der Waals surface area contributed by atoms with Crippen molar-refractivity contribution in [1.29, 1.82) is 0 Å². The Morgan fingerprint density at radius 2 is 2.24 bits per heavy atom. The molecule has 2 atom stereocenters. The first-order valence-corrected chi connectivity index (χ1v) is 5.89. The molecule has 4 nitrogen and oxygen atoms in total. The molecule has 3 N–H and O–H groups in total. The topological polar surface area (TPSA) is 61.4 Å². The number of phenolic OH excluding ortho intramolecular Hbond substituents is 1. The van der Waals surface area contributed by atoms with Crippen LogP contribution in [-0.4, -0.2) is 24.1 Å². The van der Waals surface area contributed by atoms with Crippen LogP contribution >= 0.6 is 0 Å². The smallest absolute Gasteiger partial charge is 0.229 e. The zero-order valence-electron chi connectivity index (χ0n) is 10.2. The minimum Gasteiger partial charge on any atom is -0.508 e. The average molecular weight is 234 g/mol. The number of benzene rings is 1. The van der Waals surface area contributed by atoms with Crippen molar-refractivity contribution in [3.05, 3.63) is 23.8 Å². The predicted octanol–water partition coefficient (Wildman–Crippen LogP) is 1.49. The number of amides is 1. The van der Waals surface area contributed by atoms with Crippen molar-refractivity contribution >= 4 is 11.6 Å². The van der Waals surface area contributed by atoms with Crippen LogP contribution in [-0.2, 0) is 4.79 Å². The van der Waals surface area contributed by atoms with Crippen LogP contribution in [0.2, 0.25) is 0 Å². The van der Waals surface area contributed by atoms with Crippen molar-refractivity contribution in [3.8, 4) is 5.75 Å². The minimum absolute atomic E-state index is 0.0124. The summed E-state index contributed by atoms with van der Waals surface area (Å²) in [6, 6.07) is 5.18. The molecule has 0 unspecified atom stereocenters. The second kappa shape index (κ2) is 4.75. The maximum absolute atomic E-state index is 12.0. The molecular formula is C13H18N2O2. The molecule has 1 aliphatic rings. The number of carbonyl (C=O) groups excluding carboxylic acids is 1. The van der Waals surface area contributed by atoms with Gasteiger partial charge in [0.25, 0.3) is 0 Å². The van der Waals surface area contributed by atoms with Crippen LogP contribution < -0.4 is 10.6 Å². The Morgan fingerprint density at radius 1 is 1.47 bits per heavy atom. The molecule has 1 aliphatic heterocycles.